The lowest BCUT2D eigenvalue weighted by Gasteiger charge is -2.08. The SMILES string of the molecule is Cc1ccc(NCCC(=O)NCc2ccccc2Cl)cc1. The number of carbonyl (C=O) groups excluding carboxylic acids is 1. The maximum absolute atomic E-state index is 11.8. The van der Waals surface area contributed by atoms with Crippen molar-refractivity contribution in [1.82, 2.24) is 5.32 Å². The van der Waals surface area contributed by atoms with Crippen molar-refractivity contribution in [2.75, 3.05) is 11.9 Å². The van der Waals surface area contributed by atoms with E-state index in [1.54, 1.807) is 0 Å². The molecule has 0 aliphatic carbocycles. The van der Waals surface area contributed by atoms with E-state index in [-0.39, 0.29) is 5.91 Å². The molecule has 0 radical (unpaired) electrons. The summed E-state index contributed by atoms with van der Waals surface area (Å²) in [5, 5.41) is 6.77. The van der Waals surface area contributed by atoms with Gasteiger partial charge in [0.05, 0.1) is 0 Å². The molecule has 0 atom stereocenters. The summed E-state index contributed by atoms with van der Waals surface area (Å²) < 4.78 is 0. The first kappa shape index (κ1) is 15.4. The molecule has 0 spiro atoms. The van der Waals surface area contributed by atoms with E-state index in [2.05, 4.69) is 10.6 Å². The molecule has 110 valence electrons. The Kier molecular flexibility index (Phi) is 5.64. The number of nitrogens with one attached hydrogen (secondary N) is 2. The zero-order valence-electron chi connectivity index (χ0n) is 12.0. The highest BCUT2D eigenvalue weighted by Gasteiger charge is 2.03. The molecule has 2 N–H and O–H groups in total. The van der Waals surface area contributed by atoms with Gasteiger partial charge in [-0.3, -0.25) is 4.79 Å². The fourth-order valence-corrected chi connectivity index (χ4v) is 2.12. The Labute approximate surface area is 130 Å². The molecule has 0 aromatic heterocycles. The van der Waals surface area contributed by atoms with E-state index in [0.29, 0.717) is 24.5 Å². The molecule has 0 heterocycles. The fraction of sp³-hybridized carbons (Fsp3) is 0.235. The average molecular weight is 303 g/mol. The van der Waals surface area contributed by atoms with E-state index in [9.17, 15) is 4.79 Å². The second-order valence-electron chi connectivity index (χ2n) is 4.91. The van der Waals surface area contributed by atoms with Gasteiger partial charge in [-0.05, 0) is 30.7 Å². The predicted molar refractivity (Wildman–Crippen MR) is 87.6 cm³/mol. The normalized spacial score (nSPS) is 10.2. The number of rotatable bonds is 6. The van der Waals surface area contributed by atoms with Crippen molar-refractivity contribution in [1.29, 1.82) is 0 Å². The first-order chi connectivity index (χ1) is 10.1. The molecule has 2 aromatic rings. The van der Waals surface area contributed by atoms with E-state index in [4.69, 9.17) is 11.6 Å². The van der Waals surface area contributed by atoms with Gasteiger partial charge in [-0.15, -0.1) is 0 Å². The van der Waals surface area contributed by atoms with Gasteiger partial charge in [-0.2, -0.15) is 0 Å². The van der Waals surface area contributed by atoms with Gasteiger partial charge in [-0.25, -0.2) is 0 Å². The molecular formula is C17H19ClN2O. The van der Waals surface area contributed by atoms with Gasteiger partial charge in [0.15, 0.2) is 0 Å². The molecule has 0 unspecified atom stereocenters. The van der Waals surface area contributed by atoms with E-state index >= 15 is 0 Å². The molecule has 0 saturated heterocycles. The van der Waals surface area contributed by atoms with Crippen molar-refractivity contribution in [3.05, 3.63) is 64.7 Å². The van der Waals surface area contributed by atoms with Crippen LogP contribution in [0.3, 0.4) is 0 Å². The van der Waals surface area contributed by atoms with Crippen molar-refractivity contribution in [3.8, 4) is 0 Å². The molecule has 1 amide bonds. The summed E-state index contributed by atoms with van der Waals surface area (Å²) in [6.07, 6.45) is 0.429. The Balaban J connectivity index is 1.70. The van der Waals surface area contributed by atoms with Gasteiger partial charge in [0.1, 0.15) is 0 Å². The summed E-state index contributed by atoms with van der Waals surface area (Å²) in [5.74, 6) is 0.00883. The zero-order valence-corrected chi connectivity index (χ0v) is 12.8. The molecule has 3 nitrogen and oxygen atoms in total. The highest BCUT2D eigenvalue weighted by atomic mass is 35.5. The van der Waals surface area contributed by atoms with Crippen LogP contribution in [0.15, 0.2) is 48.5 Å². The summed E-state index contributed by atoms with van der Waals surface area (Å²) in [6.45, 7) is 3.12. The number of anilines is 1. The number of aryl methyl sites for hydroxylation is 1. The van der Waals surface area contributed by atoms with Crippen LogP contribution >= 0.6 is 11.6 Å². The third-order valence-electron chi connectivity index (χ3n) is 3.17. The van der Waals surface area contributed by atoms with Crippen LogP contribution in [-0.2, 0) is 11.3 Å². The second-order valence-corrected chi connectivity index (χ2v) is 5.32. The molecule has 21 heavy (non-hydrogen) atoms. The number of hydrogen-bond donors (Lipinski definition) is 2. The van der Waals surface area contributed by atoms with Crippen LogP contribution in [0.25, 0.3) is 0 Å². The number of halogens is 1. The van der Waals surface area contributed by atoms with E-state index in [1.165, 1.54) is 5.56 Å². The fourth-order valence-electron chi connectivity index (χ4n) is 1.92. The molecule has 2 rings (SSSR count). The van der Waals surface area contributed by atoms with Crippen LogP contribution in [0.2, 0.25) is 5.02 Å². The van der Waals surface area contributed by atoms with Gasteiger partial charge in [0.25, 0.3) is 0 Å². The largest absolute Gasteiger partial charge is 0.385 e. The highest BCUT2D eigenvalue weighted by molar-refractivity contribution is 6.31. The quantitative estimate of drug-likeness (QED) is 0.853. The van der Waals surface area contributed by atoms with Crippen LogP contribution in [0.5, 0.6) is 0 Å². The topological polar surface area (TPSA) is 41.1 Å². The van der Waals surface area contributed by atoms with E-state index < -0.39 is 0 Å². The molecule has 0 saturated carbocycles. The minimum absolute atomic E-state index is 0.00883. The zero-order chi connectivity index (χ0) is 15.1. The summed E-state index contributed by atoms with van der Waals surface area (Å²) in [6, 6.07) is 15.6. The Hall–Kier alpha value is -2.00. The average Bonchev–Trinajstić information content (AvgIpc) is 2.48. The first-order valence-electron chi connectivity index (χ1n) is 6.96. The first-order valence-corrected chi connectivity index (χ1v) is 7.33. The maximum Gasteiger partial charge on any atom is 0.222 e. The highest BCUT2D eigenvalue weighted by Crippen LogP contribution is 2.14. The van der Waals surface area contributed by atoms with E-state index in [0.717, 1.165) is 11.3 Å². The molecule has 0 fully saturated rings. The Morgan fingerprint density at radius 2 is 1.81 bits per heavy atom. The molecule has 0 bridgehead atoms. The maximum atomic E-state index is 11.8. The molecule has 0 aliphatic heterocycles. The summed E-state index contributed by atoms with van der Waals surface area (Å²) >= 11 is 6.04. The lowest BCUT2D eigenvalue weighted by Crippen LogP contribution is -2.25. The third kappa shape index (κ3) is 5.12. The van der Waals surface area contributed by atoms with Gasteiger partial charge in [0.2, 0.25) is 5.91 Å². The lowest BCUT2D eigenvalue weighted by molar-refractivity contribution is -0.121. The molecule has 4 heteroatoms. The van der Waals surface area contributed by atoms with Crippen LogP contribution in [0, 0.1) is 6.92 Å². The van der Waals surface area contributed by atoms with Crippen LogP contribution < -0.4 is 10.6 Å². The summed E-state index contributed by atoms with van der Waals surface area (Å²) in [5.41, 5.74) is 3.18. The molecule has 2 aromatic carbocycles. The van der Waals surface area contributed by atoms with Gasteiger partial charge in [0, 0.05) is 30.2 Å². The Morgan fingerprint density at radius 3 is 2.52 bits per heavy atom. The van der Waals surface area contributed by atoms with Crippen molar-refractivity contribution < 1.29 is 4.79 Å². The van der Waals surface area contributed by atoms with Crippen molar-refractivity contribution in [3.63, 3.8) is 0 Å². The van der Waals surface area contributed by atoms with Crippen LogP contribution in [-0.4, -0.2) is 12.5 Å². The van der Waals surface area contributed by atoms with Crippen molar-refractivity contribution >= 4 is 23.2 Å². The number of carbonyl (C=O) groups is 1. The summed E-state index contributed by atoms with van der Waals surface area (Å²) in [4.78, 5) is 11.8. The monoisotopic (exact) mass is 302 g/mol. The number of hydrogen-bond acceptors (Lipinski definition) is 2. The summed E-state index contributed by atoms with van der Waals surface area (Å²) in [7, 11) is 0. The van der Waals surface area contributed by atoms with Gasteiger partial charge < -0.3 is 10.6 Å². The predicted octanol–water partition coefficient (Wildman–Crippen LogP) is 3.77. The molecular weight excluding hydrogens is 284 g/mol. The third-order valence-corrected chi connectivity index (χ3v) is 3.54. The molecule has 0 aliphatic rings. The minimum Gasteiger partial charge on any atom is -0.385 e. The van der Waals surface area contributed by atoms with Crippen LogP contribution in [0.4, 0.5) is 5.69 Å². The Bertz CT molecular complexity index is 596. The van der Waals surface area contributed by atoms with Gasteiger partial charge >= 0.3 is 0 Å². The van der Waals surface area contributed by atoms with E-state index in [1.807, 2.05) is 55.5 Å². The van der Waals surface area contributed by atoms with Gasteiger partial charge in [-0.1, -0.05) is 47.5 Å². The smallest absolute Gasteiger partial charge is 0.222 e. The number of amides is 1. The minimum atomic E-state index is 0.00883. The standard InChI is InChI=1S/C17H19ClN2O/c1-13-6-8-15(9-7-13)19-11-10-17(21)20-12-14-4-2-3-5-16(14)18/h2-9,19H,10-12H2,1H3,(H,20,21). The van der Waals surface area contributed by atoms with Crippen molar-refractivity contribution in [2.45, 2.75) is 19.9 Å². The number of benzene rings is 2. The second kappa shape index (κ2) is 7.70. The van der Waals surface area contributed by atoms with Crippen LogP contribution in [0.1, 0.15) is 17.5 Å². The van der Waals surface area contributed by atoms with Crippen molar-refractivity contribution in [2.24, 2.45) is 0 Å². The Morgan fingerprint density at radius 1 is 1.10 bits per heavy atom. The lowest BCUT2D eigenvalue weighted by atomic mass is 10.2.